The molecule has 0 aliphatic heterocycles. The number of furan rings is 1. The van der Waals surface area contributed by atoms with Crippen LogP contribution in [0.25, 0.3) is 0 Å². The van der Waals surface area contributed by atoms with Crippen molar-refractivity contribution in [1.29, 1.82) is 0 Å². The molecule has 0 fully saturated rings. The molecular weight excluding hydrogens is 176 g/mol. The lowest BCUT2D eigenvalue weighted by Crippen LogP contribution is -2.12. The standard InChI is InChI=1S/C11H12N2O/c1-8-4-5-13-9(7-8)11(12)10-3-2-6-14-10/h2-7,11H,12H2,1H3. The Morgan fingerprint density at radius 3 is 2.93 bits per heavy atom. The summed E-state index contributed by atoms with van der Waals surface area (Å²) in [6.45, 7) is 2.01. The maximum atomic E-state index is 5.97. The highest BCUT2D eigenvalue weighted by atomic mass is 16.3. The Morgan fingerprint density at radius 2 is 2.29 bits per heavy atom. The van der Waals surface area contributed by atoms with Gasteiger partial charge in [0.2, 0.25) is 0 Å². The number of hydrogen-bond acceptors (Lipinski definition) is 3. The Labute approximate surface area is 82.6 Å². The Bertz CT molecular complexity index is 409. The van der Waals surface area contributed by atoms with Crippen LogP contribution in [0.15, 0.2) is 41.1 Å². The van der Waals surface area contributed by atoms with Crippen LogP contribution in [0.4, 0.5) is 0 Å². The smallest absolute Gasteiger partial charge is 0.126 e. The van der Waals surface area contributed by atoms with Crippen molar-refractivity contribution in [2.75, 3.05) is 0 Å². The summed E-state index contributed by atoms with van der Waals surface area (Å²) >= 11 is 0. The minimum atomic E-state index is -0.273. The summed E-state index contributed by atoms with van der Waals surface area (Å²) in [7, 11) is 0. The molecule has 2 heterocycles. The second kappa shape index (κ2) is 3.64. The molecule has 0 radical (unpaired) electrons. The molecule has 0 aliphatic rings. The lowest BCUT2D eigenvalue weighted by molar-refractivity contribution is 0.486. The number of aromatic nitrogens is 1. The molecule has 3 nitrogen and oxygen atoms in total. The van der Waals surface area contributed by atoms with E-state index in [0.29, 0.717) is 0 Å². The fourth-order valence-electron chi connectivity index (χ4n) is 1.34. The summed E-state index contributed by atoms with van der Waals surface area (Å²) in [4.78, 5) is 4.21. The molecule has 0 saturated carbocycles. The van der Waals surface area contributed by atoms with Crippen molar-refractivity contribution in [1.82, 2.24) is 4.98 Å². The maximum absolute atomic E-state index is 5.97. The van der Waals surface area contributed by atoms with Gasteiger partial charge in [-0.05, 0) is 36.8 Å². The zero-order valence-corrected chi connectivity index (χ0v) is 7.97. The van der Waals surface area contributed by atoms with E-state index in [1.165, 1.54) is 0 Å². The van der Waals surface area contributed by atoms with Crippen molar-refractivity contribution in [2.45, 2.75) is 13.0 Å². The summed E-state index contributed by atoms with van der Waals surface area (Å²) in [5.41, 5.74) is 7.96. The van der Waals surface area contributed by atoms with E-state index in [1.54, 1.807) is 12.5 Å². The van der Waals surface area contributed by atoms with Crippen LogP contribution in [0, 0.1) is 6.92 Å². The minimum Gasteiger partial charge on any atom is -0.467 e. The lowest BCUT2D eigenvalue weighted by atomic mass is 10.1. The maximum Gasteiger partial charge on any atom is 0.126 e. The number of nitrogens with zero attached hydrogens (tertiary/aromatic N) is 1. The third-order valence-electron chi connectivity index (χ3n) is 2.10. The second-order valence-corrected chi connectivity index (χ2v) is 3.25. The normalized spacial score (nSPS) is 12.7. The molecule has 1 unspecified atom stereocenters. The Kier molecular flexibility index (Phi) is 2.33. The van der Waals surface area contributed by atoms with Gasteiger partial charge >= 0.3 is 0 Å². The fraction of sp³-hybridized carbons (Fsp3) is 0.182. The summed E-state index contributed by atoms with van der Waals surface area (Å²) in [6, 6.07) is 7.32. The first-order valence-electron chi connectivity index (χ1n) is 4.49. The highest BCUT2D eigenvalue weighted by Crippen LogP contribution is 2.18. The average molecular weight is 188 g/mol. The first kappa shape index (κ1) is 8.97. The average Bonchev–Trinajstić information content (AvgIpc) is 2.69. The van der Waals surface area contributed by atoms with Gasteiger partial charge in [-0.1, -0.05) is 0 Å². The van der Waals surface area contributed by atoms with Gasteiger partial charge in [0, 0.05) is 6.20 Å². The Balaban J connectivity index is 2.32. The topological polar surface area (TPSA) is 52.0 Å². The fourth-order valence-corrected chi connectivity index (χ4v) is 1.34. The van der Waals surface area contributed by atoms with Gasteiger partial charge in [0.15, 0.2) is 0 Å². The van der Waals surface area contributed by atoms with E-state index in [0.717, 1.165) is 17.0 Å². The Hall–Kier alpha value is -1.61. The molecule has 1 atom stereocenters. The summed E-state index contributed by atoms with van der Waals surface area (Å²) in [5.74, 6) is 0.739. The molecule has 0 aromatic carbocycles. The number of hydrogen-bond donors (Lipinski definition) is 1. The summed E-state index contributed by atoms with van der Waals surface area (Å²) < 4.78 is 5.22. The van der Waals surface area contributed by atoms with Gasteiger partial charge in [-0.2, -0.15) is 0 Å². The van der Waals surface area contributed by atoms with Gasteiger partial charge in [-0.15, -0.1) is 0 Å². The van der Waals surface area contributed by atoms with Crippen LogP contribution in [0.5, 0.6) is 0 Å². The van der Waals surface area contributed by atoms with E-state index in [1.807, 2.05) is 31.2 Å². The molecule has 0 spiro atoms. The van der Waals surface area contributed by atoms with Crippen molar-refractivity contribution in [3.8, 4) is 0 Å². The van der Waals surface area contributed by atoms with E-state index < -0.39 is 0 Å². The van der Waals surface area contributed by atoms with Crippen molar-refractivity contribution < 1.29 is 4.42 Å². The van der Waals surface area contributed by atoms with Gasteiger partial charge in [0.1, 0.15) is 11.8 Å². The lowest BCUT2D eigenvalue weighted by Gasteiger charge is -2.08. The molecule has 0 aliphatic carbocycles. The SMILES string of the molecule is Cc1ccnc(C(N)c2ccco2)c1. The largest absolute Gasteiger partial charge is 0.467 e. The van der Waals surface area contributed by atoms with Gasteiger partial charge in [-0.3, -0.25) is 4.98 Å². The van der Waals surface area contributed by atoms with E-state index in [-0.39, 0.29) is 6.04 Å². The number of rotatable bonds is 2. The first-order chi connectivity index (χ1) is 6.77. The first-order valence-corrected chi connectivity index (χ1v) is 4.49. The van der Waals surface area contributed by atoms with Gasteiger partial charge in [0.05, 0.1) is 12.0 Å². The highest BCUT2D eigenvalue weighted by Gasteiger charge is 2.12. The van der Waals surface area contributed by atoms with Crippen LogP contribution in [0.3, 0.4) is 0 Å². The second-order valence-electron chi connectivity index (χ2n) is 3.25. The van der Waals surface area contributed by atoms with E-state index in [9.17, 15) is 0 Å². The highest BCUT2D eigenvalue weighted by molar-refractivity contribution is 5.23. The zero-order chi connectivity index (χ0) is 9.97. The van der Waals surface area contributed by atoms with Gasteiger partial charge in [-0.25, -0.2) is 0 Å². The van der Waals surface area contributed by atoms with Crippen LogP contribution in [-0.4, -0.2) is 4.98 Å². The molecule has 14 heavy (non-hydrogen) atoms. The molecular formula is C11H12N2O. The van der Waals surface area contributed by atoms with Crippen molar-refractivity contribution in [3.05, 3.63) is 53.7 Å². The number of nitrogens with two attached hydrogens (primary N) is 1. The van der Waals surface area contributed by atoms with Crippen LogP contribution in [-0.2, 0) is 0 Å². The van der Waals surface area contributed by atoms with Gasteiger partial charge < -0.3 is 10.2 Å². The van der Waals surface area contributed by atoms with Crippen LogP contribution in [0.1, 0.15) is 23.1 Å². The molecule has 2 aromatic rings. The molecule has 2 rings (SSSR count). The molecule has 72 valence electrons. The van der Waals surface area contributed by atoms with Crippen LogP contribution >= 0.6 is 0 Å². The number of pyridine rings is 1. The van der Waals surface area contributed by atoms with Crippen LogP contribution < -0.4 is 5.73 Å². The van der Waals surface area contributed by atoms with Crippen LogP contribution in [0.2, 0.25) is 0 Å². The summed E-state index contributed by atoms with van der Waals surface area (Å²) in [6.07, 6.45) is 3.37. The predicted octanol–water partition coefficient (Wildman–Crippen LogP) is 2.03. The number of aryl methyl sites for hydroxylation is 1. The molecule has 2 aromatic heterocycles. The summed E-state index contributed by atoms with van der Waals surface area (Å²) in [5, 5.41) is 0. The third-order valence-corrected chi connectivity index (χ3v) is 2.10. The zero-order valence-electron chi connectivity index (χ0n) is 7.97. The molecule has 0 amide bonds. The molecule has 3 heteroatoms. The Morgan fingerprint density at radius 1 is 1.43 bits per heavy atom. The van der Waals surface area contributed by atoms with Gasteiger partial charge in [0.25, 0.3) is 0 Å². The molecule has 2 N–H and O–H groups in total. The van der Waals surface area contributed by atoms with Crippen molar-refractivity contribution in [2.24, 2.45) is 5.73 Å². The van der Waals surface area contributed by atoms with E-state index >= 15 is 0 Å². The quantitative estimate of drug-likeness (QED) is 0.784. The minimum absolute atomic E-state index is 0.273. The monoisotopic (exact) mass is 188 g/mol. The van der Waals surface area contributed by atoms with Crippen molar-refractivity contribution in [3.63, 3.8) is 0 Å². The molecule has 0 bridgehead atoms. The van der Waals surface area contributed by atoms with E-state index in [2.05, 4.69) is 4.98 Å². The van der Waals surface area contributed by atoms with Crippen molar-refractivity contribution >= 4 is 0 Å². The third kappa shape index (κ3) is 1.67. The predicted molar refractivity (Wildman–Crippen MR) is 53.7 cm³/mol. The molecule has 0 saturated heterocycles. The van der Waals surface area contributed by atoms with E-state index in [4.69, 9.17) is 10.2 Å².